The van der Waals surface area contributed by atoms with Crippen molar-refractivity contribution >= 4 is 28.2 Å². The molecule has 1 N–H and O–H groups in total. The fourth-order valence-electron chi connectivity index (χ4n) is 2.92. The van der Waals surface area contributed by atoms with Gasteiger partial charge in [-0.1, -0.05) is 26.0 Å². The molecule has 0 atom stereocenters. The number of methoxy groups -OCH3 is 1. The van der Waals surface area contributed by atoms with Gasteiger partial charge in [-0.15, -0.1) is 11.3 Å². The maximum absolute atomic E-state index is 12.7. The van der Waals surface area contributed by atoms with Crippen LogP contribution in [0.5, 0.6) is 0 Å². The fourth-order valence-corrected chi connectivity index (χ4v) is 3.88. The molecule has 0 aliphatic rings. The summed E-state index contributed by atoms with van der Waals surface area (Å²) in [6, 6.07) is 9.21. The molecule has 3 rings (SSSR count). The zero-order chi connectivity index (χ0) is 20.1. The first kappa shape index (κ1) is 19.8. The fraction of sp³-hybridized carbons (Fsp3) is 0.286. The summed E-state index contributed by atoms with van der Waals surface area (Å²) in [6.07, 6.45) is 4.37. The van der Waals surface area contributed by atoms with Crippen molar-refractivity contribution in [2.24, 2.45) is 5.92 Å². The predicted molar refractivity (Wildman–Crippen MR) is 110 cm³/mol. The molecule has 1 amide bonds. The van der Waals surface area contributed by atoms with Gasteiger partial charge in [0.1, 0.15) is 5.00 Å². The second kappa shape index (κ2) is 8.84. The molecule has 28 heavy (non-hydrogen) atoms. The minimum Gasteiger partial charge on any atom is -0.465 e. The van der Waals surface area contributed by atoms with Gasteiger partial charge in [-0.3, -0.25) is 9.48 Å². The molecule has 0 radical (unpaired) electrons. The van der Waals surface area contributed by atoms with E-state index in [1.807, 2.05) is 34.5 Å². The largest absolute Gasteiger partial charge is 0.465 e. The Morgan fingerprint density at radius 1 is 1.25 bits per heavy atom. The smallest absolute Gasteiger partial charge is 0.341 e. The molecule has 1 aromatic carbocycles. The molecule has 0 unspecified atom stereocenters. The van der Waals surface area contributed by atoms with Crippen LogP contribution in [0.15, 0.2) is 48.1 Å². The van der Waals surface area contributed by atoms with E-state index in [1.54, 1.807) is 18.3 Å². The van der Waals surface area contributed by atoms with Gasteiger partial charge < -0.3 is 10.1 Å². The van der Waals surface area contributed by atoms with Gasteiger partial charge in [-0.2, -0.15) is 5.10 Å². The standard InChI is InChI=1S/C21H23N3O3S/c1-14(2)11-17-13-28-20(18(17)21(26)27-3)23-19(25)16-7-5-15(6-8-16)12-24-10-4-9-22-24/h4-10,13-14H,11-12H2,1-3H3,(H,23,25). The molecule has 2 aromatic heterocycles. The summed E-state index contributed by atoms with van der Waals surface area (Å²) in [6.45, 7) is 4.81. The first-order valence-electron chi connectivity index (χ1n) is 9.04. The number of ether oxygens (including phenoxy) is 1. The normalized spacial score (nSPS) is 10.9. The van der Waals surface area contributed by atoms with E-state index < -0.39 is 5.97 Å². The minimum absolute atomic E-state index is 0.256. The first-order valence-corrected chi connectivity index (χ1v) is 9.92. The number of rotatable bonds is 7. The number of thiophene rings is 1. The van der Waals surface area contributed by atoms with Crippen LogP contribution < -0.4 is 5.32 Å². The third kappa shape index (κ3) is 4.67. The van der Waals surface area contributed by atoms with E-state index in [0.717, 1.165) is 17.5 Å². The quantitative estimate of drug-likeness (QED) is 0.606. The number of esters is 1. The molecule has 0 saturated heterocycles. The number of hydrogen-bond donors (Lipinski definition) is 1. The van der Waals surface area contributed by atoms with Gasteiger partial charge in [0.15, 0.2) is 0 Å². The Morgan fingerprint density at radius 3 is 2.61 bits per heavy atom. The van der Waals surface area contributed by atoms with Crippen molar-refractivity contribution in [3.63, 3.8) is 0 Å². The van der Waals surface area contributed by atoms with Crippen LogP contribution in [0.3, 0.4) is 0 Å². The van der Waals surface area contributed by atoms with Crippen LogP contribution in [-0.4, -0.2) is 28.8 Å². The van der Waals surface area contributed by atoms with E-state index in [0.29, 0.717) is 28.6 Å². The molecule has 0 saturated carbocycles. The Morgan fingerprint density at radius 2 is 2.00 bits per heavy atom. The number of hydrogen-bond acceptors (Lipinski definition) is 5. The van der Waals surface area contributed by atoms with Crippen molar-refractivity contribution in [1.82, 2.24) is 9.78 Å². The average Bonchev–Trinajstić information content (AvgIpc) is 3.31. The van der Waals surface area contributed by atoms with Crippen LogP contribution >= 0.6 is 11.3 Å². The van der Waals surface area contributed by atoms with Gasteiger partial charge in [-0.05, 0) is 47.0 Å². The zero-order valence-electron chi connectivity index (χ0n) is 16.1. The Hall–Kier alpha value is -2.93. The highest BCUT2D eigenvalue weighted by molar-refractivity contribution is 7.15. The molecule has 6 nitrogen and oxygen atoms in total. The lowest BCUT2D eigenvalue weighted by molar-refractivity contribution is 0.0601. The second-order valence-corrected chi connectivity index (χ2v) is 7.79. The summed E-state index contributed by atoms with van der Waals surface area (Å²) in [5.41, 5.74) is 2.92. The van der Waals surface area contributed by atoms with Gasteiger partial charge in [0.05, 0.1) is 19.2 Å². The number of nitrogens with one attached hydrogen (secondary N) is 1. The highest BCUT2D eigenvalue weighted by Crippen LogP contribution is 2.31. The van der Waals surface area contributed by atoms with Crippen molar-refractivity contribution in [3.05, 3.63) is 70.4 Å². The van der Waals surface area contributed by atoms with Crippen molar-refractivity contribution in [2.75, 3.05) is 12.4 Å². The molecule has 0 fully saturated rings. The number of nitrogens with zero attached hydrogens (tertiary/aromatic N) is 2. The summed E-state index contributed by atoms with van der Waals surface area (Å²) in [4.78, 5) is 24.9. The highest BCUT2D eigenvalue weighted by Gasteiger charge is 2.22. The van der Waals surface area contributed by atoms with E-state index in [1.165, 1.54) is 18.4 Å². The maximum atomic E-state index is 12.7. The van der Waals surface area contributed by atoms with E-state index >= 15 is 0 Å². The Bertz CT molecular complexity index is 944. The van der Waals surface area contributed by atoms with Crippen LogP contribution in [0.2, 0.25) is 0 Å². The van der Waals surface area contributed by atoms with E-state index in [2.05, 4.69) is 24.3 Å². The van der Waals surface area contributed by atoms with Crippen LogP contribution in [0, 0.1) is 5.92 Å². The molecule has 0 bridgehead atoms. The molecular formula is C21H23N3O3S. The third-order valence-electron chi connectivity index (χ3n) is 4.23. The first-order chi connectivity index (χ1) is 13.5. The van der Waals surface area contributed by atoms with Gasteiger partial charge in [-0.25, -0.2) is 4.79 Å². The SMILES string of the molecule is COC(=O)c1c(CC(C)C)csc1NC(=O)c1ccc(Cn2cccn2)cc1. The van der Waals surface area contributed by atoms with Crippen molar-refractivity contribution < 1.29 is 14.3 Å². The molecular weight excluding hydrogens is 374 g/mol. The zero-order valence-corrected chi connectivity index (χ0v) is 17.0. The molecule has 0 spiro atoms. The van der Waals surface area contributed by atoms with E-state index in [9.17, 15) is 9.59 Å². The average molecular weight is 398 g/mol. The number of amides is 1. The molecule has 7 heteroatoms. The topological polar surface area (TPSA) is 73.2 Å². The van der Waals surface area contributed by atoms with Gasteiger partial charge >= 0.3 is 5.97 Å². The molecule has 0 aliphatic heterocycles. The molecule has 2 heterocycles. The van der Waals surface area contributed by atoms with Crippen LogP contribution in [-0.2, 0) is 17.7 Å². The predicted octanol–water partition coefficient (Wildman–Crippen LogP) is 4.23. The Balaban J connectivity index is 1.75. The Labute approximate surface area is 168 Å². The van der Waals surface area contributed by atoms with Gasteiger partial charge in [0, 0.05) is 18.0 Å². The Kier molecular flexibility index (Phi) is 6.26. The van der Waals surface area contributed by atoms with Crippen molar-refractivity contribution in [3.8, 4) is 0 Å². The second-order valence-electron chi connectivity index (χ2n) is 6.91. The summed E-state index contributed by atoms with van der Waals surface area (Å²) >= 11 is 1.35. The summed E-state index contributed by atoms with van der Waals surface area (Å²) in [7, 11) is 1.35. The van der Waals surface area contributed by atoms with E-state index in [4.69, 9.17) is 4.74 Å². The third-order valence-corrected chi connectivity index (χ3v) is 5.18. The number of carbonyl (C=O) groups is 2. The monoisotopic (exact) mass is 397 g/mol. The van der Waals surface area contributed by atoms with Gasteiger partial charge in [0.25, 0.3) is 5.91 Å². The number of aromatic nitrogens is 2. The highest BCUT2D eigenvalue weighted by atomic mass is 32.1. The lowest BCUT2D eigenvalue weighted by Crippen LogP contribution is -2.15. The summed E-state index contributed by atoms with van der Waals surface area (Å²) in [5.74, 6) is -0.292. The van der Waals surface area contributed by atoms with Crippen molar-refractivity contribution in [2.45, 2.75) is 26.8 Å². The lowest BCUT2D eigenvalue weighted by Gasteiger charge is -2.09. The maximum Gasteiger partial charge on any atom is 0.341 e. The number of benzene rings is 1. The summed E-state index contributed by atoms with van der Waals surface area (Å²) in [5, 5.41) is 9.47. The van der Waals surface area contributed by atoms with Gasteiger partial charge in [0.2, 0.25) is 0 Å². The number of carbonyl (C=O) groups excluding carboxylic acids is 2. The van der Waals surface area contributed by atoms with Crippen LogP contribution in [0.1, 0.15) is 45.7 Å². The lowest BCUT2D eigenvalue weighted by atomic mass is 10.0. The van der Waals surface area contributed by atoms with E-state index in [-0.39, 0.29) is 5.91 Å². The minimum atomic E-state index is -0.429. The van der Waals surface area contributed by atoms with Crippen molar-refractivity contribution in [1.29, 1.82) is 0 Å². The number of anilines is 1. The van der Waals surface area contributed by atoms with Crippen LogP contribution in [0.25, 0.3) is 0 Å². The molecule has 146 valence electrons. The molecule has 0 aliphatic carbocycles. The molecule has 3 aromatic rings. The van der Waals surface area contributed by atoms with Crippen LogP contribution in [0.4, 0.5) is 5.00 Å². The summed E-state index contributed by atoms with van der Waals surface area (Å²) < 4.78 is 6.74.